The highest BCUT2D eigenvalue weighted by molar-refractivity contribution is 5.90. The van der Waals surface area contributed by atoms with Crippen LogP contribution in [0.4, 0.5) is 14.5 Å². The Kier molecular flexibility index (Phi) is 3.74. The lowest BCUT2D eigenvalue weighted by molar-refractivity contribution is 0.0594. The molecule has 1 aromatic heterocycles. The van der Waals surface area contributed by atoms with Crippen LogP contribution in [0, 0.1) is 11.6 Å². The molecule has 5 nitrogen and oxygen atoms in total. The number of H-pyrrole nitrogens is 1. The first-order valence-electron chi connectivity index (χ1n) is 5.41. The van der Waals surface area contributed by atoms with Gasteiger partial charge < -0.3 is 15.0 Å². The summed E-state index contributed by atoms with van der Waals surface area (Å²) >= 11 is 0. The molecule has 19 heavy (non-hydrogen) atoms. The molecule has 0 fully saturated rings. The van der Waals surface area contributed by atoms with Gasteiger partial charge in [-0.15, -0.1) is 0 Å². The minimum absolute atomic E-state index is 0.0419. The first-order chi connectivity index (χ1) is 9.13. The largest absolute Gasteiger partial charge is 0.465 e. The Bertz CT molecular complexity index is 585. The number of halogens is 2. The molecule has 0 unspecified atom stereocenters. The fourth-order valence-electron chi connectivity index (χ4n) is 1.53. The molecular formula is C12H11F2N3O2. The number of aromatic amines is 1. The van der Waals surface area contributed by atoms with Gasteiger partial charge in [0.05, 0.1) is 36.9 Å². The van der Waals surface area contributed by atoms with Crippen molar-refractivity contribution in [3.63, 3.8) is 0 Å². The van der Waals surface area contributed by atoms with Gasteiger partial charge in [0.15, 0.2) is 11.6 Å². The molecule has 0 saturated heterocycles. The number of nitrogens with one attached hydrogen (secondary N) is 2. The lowest BCUT2D eigenvalue weighted by Crippen LogP contribution is -2.09. The van der Waals surface area contributed by atoms with Crippen molar-refractivity contribution in [1.82, 2.24) is 9.97 Å². The Morgan fingerprint density at radius 2 is 2.21 bits per heavy atom. The zero-order chi connectivity index (χ0) is 13.8. The van der Waals surface area contributed by atoms with Crippen molar-refractivity contribution in [3.8, 4) is 0 Å². The van der Waals surface area contributed by atoms with Gasteiger partial charge in [0.25, 0.3) is 0 Å². The Morgan fingerprint density at radius 1 is 1.42 bits per heavy atom. The maximum Gasteiger partial charge on any atom is 0.340 e. The van der Waals surface area contributed by atoms with Crippen molar-refractivity contribution in [1.29, 1.82) is 0 Å². The summed E-state index contributed by atoms with van der Waals surface area (Å²) in [5.41, 5.74) is 0.240. The molecule has 2 N–H and O–H groups in total. The SMILES string of the molecule is COC(=O)c1ccc(NCc2cnc[nH]2)c(F)c1F. The van der Waals surface area contributed by atoms with E-state index in [1.54, 1.807) is 6.20 Å². The molecule has 0 aliphatic heterocycles. The number of rotatable bonds is 4. The van der Waals surface area contributed by atoms with Gasteiger partial charge in [-0.05, 0) is 12.1 Å². The second-order valence-electron chi connectivity index (χ2n) is 3.71. The van der Waals surface area contributed by atoms with E-state index in [-0.39, 0.29) is 12.2 Å². The number of carbonyl (C=O) groups is 1. The number of hydrogen-bond acceptors (Lipinski definition) is 4. The highest BCUT2D eigenvalue weighted by atomic mass is 19.2. The van der Waals surface area contributed by atoms with Crippen LogP contribution in [0.25, 0.3) is 0 Å². The molecule has 1 aromatic carbocycles. The monoisotopic (exact) mass is 267 g/mol. The van der Waals surface area contributed by atoms with Crippen molar-refractivity contribution in [2.24, 2.45) is 0 Å². The smallest absolute Gasteiger partial charge is 0.340 e. The fourth-order valence-corrected chi connectivity index (χ4v) is 1.53. The predicted molar refractivity (Wildman–Crippen MR) is 63.6 cm³/mol. The van der Waals surface area contributed by atoms with Gasteiger partial charge in [0, 0.05) is 6.20 Å². The maximum absolute atomic E-state index is 13.7. The standard InChI is InChI=1S/C12H11F2N3O2/c1-19-12(18)8-2-3-9(11(14)10(8)13)16-5-7-4-15-6-17-7/h2-4,6,16H,5H2,1H3,(H,15,17). The molecule has 0 radical (unpaired) electrons. The fraction of sp³-hybridized carbons (Fsp3) is 0.167. The first kappa shape index (κ1) is 13.0. The van der Waals surface area contributed by atoms with E-state index in [2.05, 4.69) is 20.0 Å². The average Bonchev–Trinajstić information content (AvgIpc) is 2.93. The summed E-state index contributed by atoms with van der Waals surface area (Å²) in [7, 11) is 1.10. The number of hydrogen-bond donors (Lipinski definition) is 2. The topological polar surface area (TPSA) is 67.0 Å². The van der Waals surface area contributed by atoms with Crippen molar-refractivity contribution < 1.29 is 18.3 Å². The third-order valence-corrected chi connectivity index (χ3v) is 2.51. The molecule has 2 rings (SSSR count). The highest BCUT2D eigenvalue weighted by Crippen LogP contribution is 2.21. The van der Waals surface area contributed by atoms with Crippen LogP contribution in [0.2, 0.25) is 0 Å². The molecule has 0 spiro atoms. The van der Waals surface area contributed by atoms with Gasteiger partial charge in [-0.1, -0.05) is 0 Å². The van der Waals surface area contributed by atoms with E-state index in [1.807, 2.05) is 0 Å². The minimum Gasteiger partial charge on any atom is -0.465 e. The van der Waals surface area contributed by atoms with Gasteiger partial charge in [-0.25, -0.2) is 18.6 Å². The second-order valence-corrected chi connectivity index (χ2v) is 3.71. The van der Waals surface area contributed by atoms with Crippen molar-refractivity contribution >= 4 is 11.7 Å². The Hall–Kier alpha value is -2.44. The summed E-state index contributed by atoms with van der Waals surface area (Å²) in [6.45, 7) is 0.258. The van der Waals surface area contributed by atoms with Crippen LogP contribution in [0.1, 0.15) is 16.1 Å². The summed E-state index contributed by atoms with van der Waals surface area (Å²) in [4.78, 5) is 17.8. The van der Waals surface area contributed by atoms with Crippen molar-refractivity contribution in [2.75, 3.05) is 12.4 Å². The Morgan fingerprint density at radius 3 is 2.84 bits per heavy atom. The number of benzene rings is 1. The number of carbonyl (C=O) groups excluding carboxylic acids is 1. The van der Waals surface area contributed by atoms with Crippen LogP contribution in [-0.2, 0) is 11.3 Å². The lowest BCUT2D eigenvalue weighted by atomic mass is 10.2. The lowest BCUT2D eigenvalue weighted by Gasteiger charge is -2.09. The molecule has 100 valence electrons. The summed E-state index contributed by atoms with van der Waals surface area (Å²) < 4.78 is 31.7. The van der Waals surface area contributed by atoms with Crippen LogP contribution in [0.3, 0.4) is 0 Å². The predicted octanol–water partition coefficient (Wildman–Crippen LogP) is 2.09. The van der Waals surface area contributed by atoms with Gasteiger partial charge in [-0.2, -0.15) is 0 Å². The third-order valence-electron chi connectivity index (χ3n) is 2.51. The molecule has 0 atom stereocenters. The van der Waals surface area contributed by atoms with Crippen LogP contribution in [0.5, 0.6) is 0 Å². The normalized spacial score (nSPS) is 10.3. The summed E-state index contributed by atoms with van der Waals surface area (Å²) in [5, 5.41) is 2.70. The van der Waals surface area contributed by atoms with Crippen LogP contribution < -0.4 is 5.32 Å². The van der Waals surface area contributed by atoms with Crippen LogP contribution in [0.15, 0.2) is 24.7 Å². The molecular weight excluding hydrogens is 256 g/mol. The summed E-state index contributed by atoms with van der Waals surface area (Å²) in [5.74, 6) is -3.28. The quantitative estimate of drug-likeness (QED) is 0.832. The number of nitrogens with zero attached hydrogens (tertiary/aromatic N) is 1. The van der Waals surface area contributed by atoms with Gasteiger partial charge >= 0.3 is 5.97 Å². The van der Waals surface area contributed by atoms with E-state index >= 15 is 0 Å². The zero-order valence-electron chi connectivity index (χ0n) is 10.0. The highest BCUT2D eigenvalue weighted by Gasteiger charge is 2.18. The Balaban J connectivity index is 2.19. The van der Waals surface area contributed by atoms with Gasteiger partial charge in [-0.3, -0.25) is 0 Å². The van der Waals surface area contributed by atoms with E-state index in [9.17, 15) is 13.6 Å². The Labute approximate surface area is 107 Å². The number of aromatic nitrogens is 2. The second kappa shape index (κ2) is 5.47. The molecule has 1 heterocycles. The number of imidazole rings is 1. The number of anilines is 1. The zero-order valence-corrected chi connectivity index (χ0v) is 10.0. The van der Waals surface area contributed by atoms with E-state index in [1.165, 1.54) is 18.5 Å². The van der Waals surface area contributed by atoms with Crippen molar-refractivity contribution in [2.45, 2.75) is 6.54 Å². The molecule has 7 heteroatoms. The van der Waals surface area contributed by atoms with Gasteiger partial charge in [0.2, 0.25) is 0 Å². The van der Waals surface area contributed by atoms with Crippen LogP contribution >= 0.6 is 0 Å². The maximum atomic E-state index is 13.7. The van der Waals surface area contributed by atoms with Crippen molar-refractivity contribution in [3.05, 3.63) is 47.5 Å². The average molecular weight is 267 g/mol. The number of methoxy groups -OCH3 is 1. The van der Waals surface area contributed by atoms with E-state index < -0.39 is 23.2 Å². The van der Waals surface area contributed by atoms with Gasteiger partial charge in [0.1, 0.15) is 0 Å². The molecule has 0 aliphatic carbocycles. The summed E-state index contributed by atoms with van der Waals surface area (Å²) in [6.07, 6.45) is 3.04. The molecule has 0 saturated carbocycles. The molecule has 0 amide bonds. The number of ether oxygens (including phenoxy) is 1. The molecule has 0 bridgehead atoms. The molecule has 0 aliphatic rings. The third kappa shape index (κ3) is 2.70. The first-order valence-corrected chi connectivity index (χ1v) is 5.41. The molecule has 2 aromatic rings. The van der Waals surface area contributed by atoms with E-state index in [4.69, 9.17) is 0 Å². The van der Waals surface area contributed by atoms with E-state index in [0.717, 1.165) is 12.8 Å². The van der Waals surface area contributed by atoms with E-state index in [0.29, 0.717) is 0 Å². The summed E-state index contributed by atoms with van der Waals surface area (Å²) in [6, 6.07) is 2.45. The van der Waals surface area contributed by atoms with Crippen LogP contribution in [-0.4, -0.2) is 23.0 Å². The minimum atomic E-state index is -1.23. The number of esters is 1.